The van der Waals surface area contributed by atoms with Crippen LogP contribution in [0.25, 0.3) is 9.88 Å². The zero-order valence-corrected chi connectivity index (χ0v) is 12.2. The van der Waals surface area contributed by atoms with Gasteiger partial charge in [-0.2, -0.15) is 0 Å². The summed E-state index contributed by atoms with van der Waals surface area (Å²) in [6.45, 7) is 1.07. The second-order valence-electron chi connectivity index (χ2n) is 3.44. The largest absolute Gasteiger partial charge is 0.320 e. The van der Waals surface area contributed by atoms with Crippen molar-refractivity contribution in [1.29, 1.82) is 0 Å². The highest BCUT2D eigenvalue weighted by atomic mass is 79.9. The number of hydrogen-bond donors (Lipinski definition) is 1. The minimum atomic E-state index is 1.07. The van der Waals surface area contributed by atoms with Gasteiger partial charge in [0.15, 0.2) is 0 Å². The molecule has 1 N–H and O–H groups in total. The highest BCUT2D eigenvalue weighted by Crippen LogP contribution is 2.33. The molecule has 2 heterocycles. The van der Waals surface area contributed by atoms with Gasteiger partial charge in [-0.25, -0.2) is 4.98 Å². The van der Waals surface area contributed by atoms with Crippen LogP contribution in [0.3, 0.4) is 0 Å². The maximum atomic E-state index is 4.47. The van der Waals surface area contributed by atoms with Crippen LogP contribution in [0.4, 0.5) is 0 Å². The van der Waals surface area contributed by atoms with Gasteiger partial charge < -0.3 is 5.32 Å². The van der Waals surface area contributed by atoms with Gasteiger partial charge in [0, 0.05) is 11.1 Å². The molecule has 0 amide bonds. The number of aryl methyl sites for hydroxylation is 1. The molecular weight excluding hydrogens is 304 g/mol. The van der Waals surface area contributed by atoms with Gasteiger partial charge in [-0.15, -0.1) is 22.7 Å². The molecule has 0 aliphatic carbocycles. The number of nitrogens with one attached hydrogen (secondary N) is 1. The lowest BCUT2D eigenvalue weighted by molar-refractivity contribution is 0.729. The van der Waals surface area contributed by atoms with E-state index in [1.807, 2.05) is 13.2 Å². The van der Waals surface area contributed by atoms with Gasteiger partial charge in [0.25, 0.3) is 0 Å². The Bertz CT molecular complexity index is 450. The Morgan fingerprint density at radius 1 is 1.38 bits per heavy atom. The minimum absolute atomic E-state index is 1.07. The zero-order valence-electron chi connectivity index (χ0n) is 9.00. The van der Waals surface area contributed by atoms with E-state index in [0.29, 0.717) is 0 Å². The Morgan fingerprint density at radius 2 is 2.25 bits per heavy atom. The summed E-state index contributed by atoms with van der Waals surface area (Å²) in [5, 5.41) is 4.29. The predicted molar refractivity (Wildman–Crippen MR) is 75.4 cm³/mol. The number of nitrogens with zero attached hydrogens (tertiary/aromatic N) is 1. The number of thiazole rings is 1. The lowest BCUT2D eigenvalue weighted by Crippen LogP contribution is -2.07. The molecule has 0 atom stereocenters. The van der Waals surface area contributed by atoms with Crippen molar-refractivity contribution in [3.8, 4) is 9.88 Å². The van der Waals surface area contributed by atoms with Crippen LogP contribution in [0, 0.1) is 0 Å². The van der Waals surface area contributed by atoms with E-state index in [1.54, 1.807) is 22.7 Å². The molecule has 0 unspecified atom stereocenters. The van der Waals surface area contributed by atoms with E-state index >= 15 is 0 Å². The van der Waals surface area contributed by atoms with Crippen molar-refractivity contribution in [2.45, 2.75) is 12.8 Å². The number of thiophene rings is 1. The molecule has 0 saturated carbocycles. The number of halogens is 1. The van der Waals surface area contributed by atoms with E-state index in [4.69, 9.17) is 0 Å². The van der Waals surface area contributed by atoms with Gasteiger partial charge in [0.1, 0.15) is 5.01 Å². The summed E-state index contributed by atoms with van der Waals surface area (Å²) in [5.41, 5.74) is 0. The van der Waals surface area contributed by atoms with Gasteiger partial charge in [-0.05, 0) is 54.5 Å². The minimum Gasteiger partial charge on any atom is -0.320 e. The van der Waals surface area contributed by atoms with Gasteiger partial charge in [0.05, 0.1) is 8.66 Å². The molecule has 0 bridgehead atoms. The molecule has 0 fully saturated rings. The van der Waals surface area contributed by atoms with E-state index in [9.17, 15) is 0 Å². The van der Waals surface area contributed by atoms with Crippen molar-refractivity contribution in [2.75, 3.05) is 13.6 Å². The van der Waals surface area contributed by atoms with E-state index in [-0.39, 0.29) is 0 Å². The average molecular weight is 317 g/mol. The van der Waals surface area contributed by atoms with E-state index in [1.165, 1.54) is 16.2 Å². The maximum Gasteiger partial charge on any atom is 0.133 e. The molecular formula is C11H13BrN2S2. The second-order valence-corrected chi connectivity index (χ2v) is 7.02. The van der Waals surface area contributed by atoms with Crippen LogP contribution >= 0.6 is 38.6 Å². The average Bonchev–Trinajstić information content (AvgIpc) is 2.87. The molecule has 0 aliphatic heterocycles. The number of rotatable bonds is 5. The fourth-order valence-corrected chi connectivity index (χ4v) is 3.81. The summed E-state index contributed by atoms with van der Waals surface area (Å²) in [7, 11) is 1.99. The molecule has 0 aliphatic rings. The van der Waals surface area contributed by atoms with Crippen molar-refractivity contribution >= 4 is 38.6 Å². The quantitative estimate of drug-likeness (QED) is 0.849. The third-order valence-electron chi connectivity index (χ3n) is 2.19. The monoisotopic (exact) mass is 316 g/mol. The van der Waals surface area contributed by atoms with E-state index in [0.717, 1.165) is 21.8 Å². The molecule has 2 nitrogen and oxygen atoms in total. The Kier molecular flexibility index (Phi) is 4.52. The molecule has 0 aromatic carbocycles. The molecule has 2 rings (SSSR count). The Hall–Kier alpha value is -0.230. The van der Waals surface area contributed by atoms with Gasteiger partial charge in [-0.1, -0.05) is 0 Å². The van der Waals surface area contributed by atoms with Gasteiger partial charge in [0.2, 0.25) is 0 Å². The first kappa shape index (κ1) is 12.2. The third kappa shape index (κ3) is 3.13. The summed E-state index contributed by atoms with van der Waals surface area (Å²) in [6, 6.07) is 4.19. The molecule has 0 radical (unpaired) electrons. The summed E-state index contributed by atoms with van der Waals surface area (Å²) in [4.78, 5) is 7.08. The Balaban J connectivity index is 2.02. The second kappa shape index (κ2) is 5.91. The SMILES string of the molecule is CNCCCc1cnc(-c2ccc(Br)s2)s1. The molecule has 2 aromatic heterocycles. The standard InChI is InChI=1S/C11H13BrN2S2/c1-13-6-2-3-8-7-14-11(15-8)9-4-5-10(12)16-9/h4-5,7,13H,2-3,6H2,1H3. The Labute approximate surface area is 112 Å². The van der Waals surface area contributed by atoms with Gasteiger partial charge >= 0.3 is 0 Å². The summed E-state index contributed by atoms with van der Waals surface area (Å²) >= 11 is 7.01. The van der Waals surface area contributed by atoms with Crippen LogP contribution in [0.1, 0.15) is 11.3 Å². The summed E-state index contributed by atoms with van der Waals surface area (Å²) < 4.78 is 1.16. The van der Waals surface area contributed by atoms with Crippen molar-refractivity contribution < 1.29 is 0 Å². The van der Waals surface area contributed by atoms with Crippen LogP contribution in [0.2, 0.25) is 0 Å². The lowest BCUT2D eigenvalue weighted by atomic mass is 10.3. The molecule has 16 heavy (non-hydrogen) atoms. The lowest BCUT2D eigenvalue weighted by Gasteiger charge is -1.95. The first-order valence-corrected chi connectivity index (χ1v) is 7.57. The van der Waals surface area contributed by atoms with Crippen LogP contribution in [0.5, 0.6) is 0 Å². The number of aromatic nitrogens is 1. The Morgan fingerprint density at radius 3 is 2.94 bits per heavy atom. The van der Waals surface area contributed by atoms with Crippen LogP contribution in [0.15, 0.2) is 22.1 Å². The fourth-order valence-electron chi connectivity index (χ4n) is 1.41. The molecule has 5 heteroatoms. The highest BCUT2D eigenvalue weighted by Gasteiger charge is 2.06. The fraction of sp³-hybridized carbons (Fsp3) is 0.364. The maximum absolute atomic E-state index is 4.47. The molecule has 0 saturated heterocycles. The highest BCUT2D eigenvalue weighted by molar-refractivity contribution is 9.11. The third-order valence-corrected chi connectivity index (χ3v) is 5.04. The van der Waals surface area contributed by atoms with Crippen molar-refractivity contribution in [2.24, 2.45) is 0 Å². The van der Waals surface area contributed by atoms with Crippen molar-refractivity contribution in [3.05, 3.63) is 27.0 Å². The topological polar surface area (TPSA) is 24.9 Å². The predicted octanol–water partition coefficient (Wildman–Crippen LogP) is 3.79. The summed E-state index contributed by atoms with van der Waals surface area (Å²) in [6.07, 6.45) is 4.29. The normalized spacial score (nSPS) is 10.9. The van der Waals surface area contributed by atoms with Crippen molar-refractivity contribution in [1.82, 2.24) is 10.3 Å². The van der Waals surface area contributed by atoms with Gasteiger partial charge in [-0.3, -0.25) is 0 Å². The summed E-state index contributed by atoms with van der Waals surface area (Å²) in [5.74, 6) is 0. The number of hydrogen-bond acceptors (Lipinski definition) is 4. The smallest absolute Gasteiger partial charge is 0.133 e. The zero-order chi connectivity index (χ0) is 11.4. The molecule has 2 aromatic rings. The first-order chi connectivity index (χ1) is 7.79. The van der Waals surface area contributed by atoms with E-state index < -0.39 is 0 Å². The molecule has 0 spiro atoms. The molecule has 86 valence electrons. The van der Waals surface area contributed by atoms with Crippen LogP contribution in [-0.2, 0) is 6.42 Å². The van der Waals surface area contributed by atoms with Crippen LogP contribution < -0.4 is 5.32 Å². The first-order valence-electron chi connectivity index (χ1n) is 5.14. The van der Waals surface area contributed by atoms with Crippen molar-refractivity contribution in [3.63, 3.8) is 0 Å². The van der Waals surface area contributed by atoms with Crippen LogP contribution in [-0.4, -0.2) is 18.6 Å². The van der Waals surface area contributed by atoms with E-state index in [2.05, 4.69) is 38.4 Å².